The fourth-order valence-corrected chi connectivity index (χ4v) is 3.00. The first kappa shape index (κ1) is 16.0. The van der Waals surface area contributed by atoms with Crippen molar-refractivity contribution >= 4 is 5.97 Å². The van der Waals surface area contributed by atoms with Crippen LogP contribution in [0.4, 0.5) is 0 Å². The van der Waals surface area contributed by atoms with Crippen LogP contribution in [0.3, 0.4) is 0 Å². The number of hydrogen-bond donors (Lipinski definition) is 2. The zero-order valence-electron chi connectivity index (χ0n) is 13.2. The molecule has 0 fully saturated rings. The van der Waals surface area contributed by atoms with E-state index in [1.165, 1.54) is 24.2 Å². The highest BCUT2D eigenvalue weighted by Crippen LogP contribution is 2.21. The SMILES string of the molecule is CCCNC(C)(CCCn1cnc2c1CCCC2)C(=O)O. The number of aryl methyl sites for hydroxylation is 2. The van der Waals surface area contributed by atoms with Gasteiger partial charge in [0.1, 0.15) is 5.54 Å². The summed E-state index contributed by atoms with van der Waals surface area (Å²) in [5.41, 5.74) is 1.78. The van der Waals surface area contributed by atoms with E-state index in [2.05, 4.69) is 14.9 Å². The Kier molecular flexibility index (Phi) is 5.39. The third-order valence-electron chi connectivity index (χ3n) is 4.42. The quantitative estimate of drug-likeness (QED) is 0.772. The average Bonchev–Trinajstić information content (AvgIpc) is 2.88. The molecule has 0 saturated carbocycles. The molecule has 0 aliphatic heterocycles. The Morgan fingerprint density at radius 1 is 1.48 bits per heavy atom. The molecule has 0 saturated heterocycles. The van der Waals surface area contributed by atoms with Crippen LogP contribution in [0.1, 0.15) is 57.3 Å². The molecule has 2 rings (SSSR count). The monoisotopic (exact) mass is 293 g/mol. The molecule has 1 aliphatic carbocycles. The number of carboxylic acid groups (broad SMARTS) is 1. The second-order valence-electron chi connectivity index (χ2n) is 6.21. The summed E-state index contributed by atoms with van der Waals surface area (Å²) in [4.78, 5) is 16.0. The topological polar surface area (TPSA) is 67.2 Å². The van der Waals surface area contributed by atoms with Crippen molar-refractivity contribution in [3.05, 3.63) is 17.7 Å². The fourth-order valence-electron chi connectivity index (χ4n) is 3.00. The van der Waals surface area contributed by atoms with Crippen LogP contribution < -0.4 is 5.32 Å². The second kappa shape index (κ2) is 7.07. The lowest BCUT2D eigenvalue weighted by molar-refractivity contribution is -0.144. The standard InChI is InChI=1S/C16H27N3O2/c1-3-10-18-16(2,15(20)21)9-6-11-19-12-17-13-7-4-5-8-14(13)19/h12,18H,3-11H2,1-2H3,(H,20,21). The number of hydrogen-bond acceptors (Lipinski definition) is 3. The molecule has 0 spiro atoms. The van der Waals surface area contributed by atoms with Crippen LogP contribution in [0.25, 0.3) is 0 Å². The van der Waals surface area contributed by atoms with Crippen molar-refractivity contribution in [2.45, 2.75) is 70.9 Å². The van der Waals surface area contributed by atoms with E-state index >= 15 is 0 Å². The van der Waals surface area contributed by atoms with Crippen LogP contribution in [0.2, 0.25) is 0 Å². The van der Waals surface area contributed by atoms with Crippen molar-refractivity contribution in [3.8, 4) is 0 Å². The van der Waals surface area contributed by atoms with Gasteiger partial charge in [-0.2, -0.15) is 0 Å². The summed E-state index contributed by atoms with van der Waals surface area (Å²) < 4.78 is 2.22. The van der Waals surface area contributed by atoms with Crippen molar-refractivity contribution in [1.82, 2.24) is 14.9 Å². The molecule has 21 heavy (non-hydrogen) atoms. The van der Waals surface area contributed by atoms with Gasteiger partial charge in [-0.1, -0.05) is 6.92 Å². The number of rotatable bonds is 8. The van der Waals surface area contributed by atoms with E-state index in [0.29, 0.717) is 6.42 Å². The van der Waals surface area contributed by atoms with Gasteiger partial charge >= 0.3 is 5.97 Å². The predicted molar refractivity (Wildman–Crippen MR) is 82.4 cm³/mol. The van der Waals surface area contributed by atoms with E-state index < -0.39 is 11.5 Å². The van der Waals surface area contributed by atoms with Gasteiger partial charge in [-0.3, -0.25) is 4.79 Å². The number of imidazole rings is 1. The predicted octanol–water partition coefficient (Wildman–Crippen LogP) is 2.38. The van der Waals surface area contributed by atoms with Crippen molar-refractivity contribution in [3.63, 3.8) is 0 Å². The third-order valence-corrected chi connectivity index (χ3v) is 4.42. The van der Waals surface area contributed by atoms with Gasteiger partial charge in [0.15, 0.2) is 0 Å². The van der Waals surface area contributed by atoms with Gasteiger partial charge in [0, 0.05) is 12.2 Å². The Morgan fingerprint density at radius 2 is 2.24 bits per heavy atom. The molecule has 0 aromatic carbocycles. The molecule has 1 aliphatic rings. The molecule has 1 unspecified atom stereocenters. The van der Waals surface area contributed by atoms with E-state index in [1.54, 1.807) is 6.92 Å². The highest BCUT2D eigenvalue weighted by molar-refractivity contribution is 5.78. The lowest BCUT2D eigenvalue weighted by Crippen LogP contribution is -2.49. The molecule has 1 aromatic heterocycles. The smallest absolute Gasteiger partial charge is 0.323 e. The highest BCUT2D eigenvalue weighted by Gasteiger charge is 2.31. The Balaban J connectivity index is 1.90. The Bertz CT molecular complexity index is 484. The molecule has 5 nitrogen and oxygen atoms in total. The number of fused-ring (bicyclic) bond motifs is 1. The van der Waals surface area contributed by atoms with Gasteiger partial charge < -0.3 is 15.0 Å². The van der Waals surface area contributed by atoms with Crippen LogP contribution in [0.15, 0.2) is 6.33 Å². The summed E-state index contributed by atoms with van der Waals surface area (Å²) in [7, 11) is 0. The van der Waals surface area contributed by atoms with Crippen molar-refractivity contribution in [1.29, 1.82) is 0 Å². The Morgan fingerprint density at radius 3 is 2.95 bits per heavy atom. The number of nitrogens with zero attached hydrogens (tertiary/aromatic N) is 2. The largest absolute Gasteiger partial charge is 0.480 e. The first-order valence-corrected chi connectivity index (χ1v) is 8.08. The van der Waals surface area contributed by atoms with Crippen molar-refractivity contribution in [2.75, 3.05) is 6.54 Å². The van der Waals surface area contributed by atoms with Crippen molar-refractivity contribution < 1.29 is 9.90 Å². The summed E-state index contributed by atoms with van der Waals surface area (Å²) in [6.45, 7) is 5.43. The summed E-state index contributed by atoms with van der Waals surface area (Å²) in [5.74, 6) is -0.761. The summed E-state index contributed by atoms with van der Waals surface area (Å²) in [6, 6.07) is 0. The maximum Gasteiger partial charge on any atom is 0.323 e. The molecule has 0 radical (unpaired) electrons. The molecule has 1 aromatic rings. The Labute approximate surface area is 126 Å². The van der Waals surface area contributed by atoms with Crippen LogP contribution in [0.5, 0.6) is 0 Å². The number of carboxylic acids is 1. The lowest BCUT2D eigenvalue weighted by atomic mass is 9.95. The molecule has 1 atom stereocenters. The molecular formula is C16H27N3O2. The van der Waals surface area contributed by atoms with E-state index in [1.807, 2.05) is 13.3 Å². The molecular weight excluding hydrogens is 266 g/mol. The van der Waals surface area contributed by atoms with E-state index in [4.69, 9.17) is 0 Å². The van der Waals surface area contributed by atoms with Gasteiger partial charge in [-0.15, -0.1) is 0 Å². The third kappa shape index (κ3) is 3.84. The number of aromatic nitrogens is 2. The molecule has 0 bridgehead atoms. The summed E-state index contributed by atoms with van der Waals surface area (Å²) >= 11 is 0. The van der Waals surface area contributed by atoms with Gasteiger partial charge in [0.2, 0.25) is 0 Å². The van der Waals surface area contributed by atoms with E-state index in [0.717, 1.165) is 38.8 Å². The maximum absolute atomic E-state index is 11.5. The van der Waals surface area contributed by atoms with E-state index in [-0.39, 0.29) is 0 Å². The fraction of sp³-hybridized carbons (Fsp3) is 0.750. The van der Waals surface area contributed by atoms with E-state index in [9.17, 15) is 9.90 Å². The zero-order chi connectivity index (χ0) is 15.3. The van der Waals surface area contributed by atoms with Gasteiger partial charge in [0.05, 0.1) is 12.0 Å². The number of carbonyl (C=O) groups is 1. The maximum atomic E-state index is 11.5. The van der Waals surface area contributed by atoms with Crippen LogP contribution in [-0.4, -0.2) is 32.7 Å². The summed E-state index contributed by atoms with van der Waals surface area (Å²) in [5, 5.41) is 12.6. The van der Waals surface area contributed by atoms with Crippen molar-refractivity contribution in [2.24, 2.45) is 0 Å². The molecule has 1 heterocycles. The Hall–Kier alpha value is -1.36. The highest BCUT2D eigenvalue weighted by atomic mass is 16.4. The van der Waals surface area contributed by atoms with Crippen LogP contribution in [0, 0.1) is 0 Å². The zero-order valence-corrected chi connectivity index (χ0v) is 13.2. The second-order valence-corrected chi connectivity index (χ2v) is 6.21. The minimum Gasteiger partial charge on any atom is -0.480 e. The first-order valence-electron chi connectivity index (χ1n) is 8.08. The summed E-state index contributed by atoms with van der Waals surface area (Å²) in [6.07, 6.45) is 9.03. The van der Waals surface area contributed by atoms with Crippen LogP contribution >= 0.6 is 0 Å². The molecule has 0 amide bonds. The average molecular weight is 293 g/mol. The van der Waals surface area contributed by atoms with Gasteiger partial charge in [-0.05, 0) is 58.4 Å². The minimum absolute atomic E-state index is 0.634. The first-order chi connectivity index (χ1) is 10.1. The number of aliphatic carboxylic acids is 1. The number of nitrogens with one attached hydrogen (secondary N) is 1. The van der Waals surface area contributed by atoms with Crippen LogP contribution in [-0.2, 0) is 24.2 Å². The minimum atomic E-state index is -0.823. The van der Waals surface area contributed by atoms with Gasteiger partial charge in [0.25, 0.3) is 0 Å². The molecule has 2 N–H and O–H groups in total. The van der Waals surface area contributed by atoms with Gasteiger partial charge in [-0.25, -0.2) is 4.98 Å². The molecule has 5 heteroatoms. The normalized spacial score (nSPS) is 17.2. The lowest BCUT2D eigenvalue weighted by Gasteiger charge is -2.26. The molecule has 118 valence electrons.